The molecule has 1 fully saturated rings. The topological polar surface area (TPSA) is 67.9 Å². The minimum Gasteiger partial charge on any atom is -0.457 e. The molecule has 0 saturated carbocycles. The van der Waals surface area contributed by atoms with Gasteiger partial charge in [-0.05, 0) is 50.6 Å². The molecule has 0 aliphatic carbocycles. The van der Waals surface area contributed by atoms with Gasteiger partial charge in [0.1, 0.15) is 17.1 Å². The van der Waals surface area contributed by atoms with Gasteiger partial charge in [-0.3, -0.25) is 4.79 Å². The second-order valence-corrected chi connectivity index (χ2v) is 9.44. The van der Waals surface area contributed by atoms with E-state index >= 15 is 0 Å². The Morgan fingerprint density at radius 1 is 0.853 bits per heavy atom. The molecule has 1 saturated heterocycles. The molecule has 1 aliphatic rings. The third-order valence-electron chi connectivity index (χ3n) is 5.62. The van der Waals surface area contributed by atoms with Crippen LogP contribution >= 0.6 is 0 Å². The highest BCUT2D eigenvalue weighted by Crippen LogP contribution is 2.35. The number of carbonyl (C=O) groups excluding carboxylic acids is 2. The van der Waals surface area contributed by atoms with Gasteiger partial charge in [0.2, 0.25) is 5.91 Å². The zero-order valence-electron chi connectivity index (χ0n) is 19.7. The third-order valence-corrected chi connectivity index (χ3v) is 5.62. The maximum Gasteiger partial charge on any atom is 0.410 e. The minimum absolute atomic E-state index is 0.127. The van der Waals surface area contributed by atoms with Gasteiger partial charge < -0.3 is 19.7 Å². The summed E-state index contributed by atoms with van der Waals surface area (Å²) in [6.45, 7) is 6.23. The number of ether oxygens (including phenoxy) is 2. The van der Waals surface area contributed by atoms with Crippen molar-refractivity contribution in [2.24, 2.45) is 5.92 Å². The van der Waals surface area contributed by atoms with Crippen molar-refractivity contribution in [2.75, 3.05) is 18.4 Å². The fourth-order valence-electron chi connectivity index (χ4n) is 4.08. The maximum absolute atomic E-state index is 13.4. The number of rotatable bonds is 5. The first-order chi connectivity index (χ1) is 16.3. The van der Waals surface area contributed by atoms with E-state index in [0.717, 1.165) is 11.3 Å². The number of hydrogen-bond acceptors (Lipinski definition) is 4. The van der Waals surface area contributed by atoms with Crippen LogP contribution in [-0.2, 0) is 9.53 Å². The molecule has 2 atom stereocenters. The Balaban J connectivity index is 1.51. The number of anilines is 1. The smallest absolute Gasteiger partial charge is 0.410 e. The highest BCUT2D eigenvalue weighted by atomic mass is 16.6. The lowest BCUT2D eigenvalue weighted by molar-refractivity contribution is -0.119. The fraction of sp³-hybridized carbons (Fsp3) is 0.286. The summed E-state index contributed by atoms with van der Waals surface area (Å²) in [5.74, 6) is 0.673. The second-order valence-electron chi connectivity index (χ2n) is 9.44. The van der Waals surface area contributed by atoms with Gasteiger partial charge in [-0.2, -0.15) is 0 Å². The molecule has 34 heavy (non-hydrogen) atoms. The molecule has 0 spiro atoms. The standard InChI is InChI=1S/C28H30N2O4/c1-28(2,3)34-27(32)30-18-24(20-11-6-4-7-12-20)25(19-30)26(31)29-21-13-10-16-23(17-21)33-22-14-8-5-9-15-22/h4-17,24-25H,18-19H2,1-3H3,(H,29,31)/t24-,25+/m0/s1. The first kappa shape index (κ1) is 23.4. The molecular formula is C28H30N2O4. The Labute approximate surface area is 200 Å². The van der Waals surface area contributed by atoms with Crippen LogP contribution in [0.25, 0.3) is 0 Å². The lowest BCUT2D eigenvalue weighted by Crippen LogP contribution is -2.36. The van der Waals surface area contributed by atoms with Crippen LogP contribution in [-0.4, -0.2) is 35.6 Å². The molecule has 6 nitrogen and oxygen atoms in total. The van der Waals surface area contributed by atoms with E-state index in [2.05, 4.69) is 5.32 Å². The van der Waals surface area contributed by atoms with Crippen molar-refractivity contribution in [3.63, 3.8) is 0 Å². The number of amides is 2. The van der Waals surface area contributed by atoms with Crippen molar-refractivity contribution >= 4 is 17.7 Å². The molecule has 3 aromatic carbocycles. The van der Waals surface area contributed by atoms with E-state index in [1.165, 1.54) is 0 Å². The van der Waals surface area contributed by atoms with E-state index in [4.69, 9.17) is 9.47 Å². The van der Waals surface area contributed by atoms with Crippen molar-refractivity contribution in [3.05, 3.63) is 90.5 Å². The molecule has 0 bridgehead atoms. The molecule has 1 heterocycles. The molecular weight excluding hydrogens is 428 g/mol. The minimum atomic E-state index is -0.598. The molecule has 3 aromatic rings. The van der Waals surface area contributed by atoms with E-state index < -0.39 is 17.6 Å². The summed E-state index contributed by atoms with van der Waals surface area (Å²) in [7, 11) is 0. The molecule has 0 aromatic heterocycles. The fourth-order valence-corrected chi connectivity index (χ4v) is 4.08. The van der Waals surface area contributed by atoms with E-state index in [0.29, 0.717) is 24.5 Å². The van der Waals surface area contributed by atoms with Crippen LogP contribution in [0, 0.1) is 5.92 Å². The van der Waals surface area contributed by atoms with Crippen LogP contribution in [0.5, 0.6) is 11.5 Å². The average molecular weight is 459 g/mol. The summed E-state index contributed by atoms with van der Waals surface area (Å²) < 4.78 is 11.5. The molecule has 1 N–H and O–H groups in total. The molecule has 4 rings (SSSR count). The molecule has 0 unspecified atom stereocenters. The van der Waals surface area contributed by atoms with E-state index in [1.54, 1.807) is 11.0 Å². The zero-order valence-corrected chi connectivity index (χ0v) is 19.7. The summed E-state index contributed by atoms with van der Waals surface area (Å²) in [5.41, 5.74) is 1.06. The molecule has 6 heteroatoms. The maximum atomic E-state index is 13.4. The van der Waals surface area contributed by atoms with Gasteiger partial charge in [0.05, 0.1) is 5.92 Å². The van der Waals surface area contributed by atoms with Crippen LogP contribution in [0.15, 0.2) is 84.9 Å². The first-order valence-electron chi connectivity index (χ1n) is 11.5. The van der Waals surface area contributed by atoms with Gasteiger partial charge in [0, 0.05) is 30.8 Å². The monoisotopic (exact) mass is 458 g/mol. The molecule has 1 aliphatic heterocycles. The Morgan fingerprint density at radius 3 is 2.18 bits per heavy atom. The normalized spacial score (nSPS) is 17.8. The molecule has 176 valence electrons. The number of nitrogens with zero attached hydrogens (tertiary/aromatic N) is 1. The van der Waals surface area contributed by atoms with Crippen molar-refractivity contribution < 1.29 is 19.1 Å². The number of para-hydroxylation sites is 1. The number of carbonyl (C=O) groups is 2. The Kier molecular flexibility index (Phi) is 6.87. The SMILES string of the molecule is CC(C)(C)OC(=O)N1C[C@@H](C(=O)Nc2cccc(Oc3ccccc3)c2)[C@H](c2ccccc2)C1. The van der Waals surface area contributed by atoms with Gasteiger partial charge in [-0.25, -0.2) is 4.79 Å². The predicted molar refractivity (Wildman–Crippen MR) is 132 cm³/mol. The number of benzene rings is 3. The summed E-state index contributed by atoms with van der Waals surface area (Å²) in [6, 6.07) is 26.6. The highest BCUT2D eigenvalue weighted by Gasteiger charge is 2.41. The van der Waals surface area contributed by atoms with Crippen molar-refractivity contribution in [1.29, 1.82) is 0 Å². The van der Waals surface area contributed by atoms with Crippen molar-refractivity contribution in [3.8, 4) is 11.5 Å². The van der Waals surface area contributed by atoms with Crippen LogP contribution in [0.1, 0.15) is 32.3 Å². The van der Waals surface area contributed by atoms with Crippen LogP contribution < -0.4 is 10.1 Å². The Morgan fingerprint density at radius 2 is 1.50 bits per heavy atom. The summed E-state index contributed by atoms with van der Waals surface area (Å²) in [4.78, 5) is 27.8. The van der Waals surface area contributed by atoms with Gasteiger partial charge >= 0.3 is 6.09 Å². The molecule has 0 radical (unpaired) electrons. The second kappa shape index (κ2) is 10.00. The van der Waals surface area contributed by atoms with Gasteiger partial charge in [0.15, 0.2) is 0 Å². The van der Waals surface area contributed by atoms with Crippen LogP contribution in [0.4, 0.5) is 10.5 Å². The third kappa shape index (κ3) is 5.95. The average Bonchev–Trinajstić information content (AvgIpc) is 3.26. The largest absolute Gasteiger partial charge is 0.457 e. The van der Waals surface area contributed by atoms with Gasteiger partial charge in [0.25, 0.3) is 0 Å². The lowest BCUT2D eigenvalue weighted by atomic mass is 9.88. The van der Waals surface area contributed by atoms with Crippen LogP contribution in [0.2, 0.25) is 0 Å². The zero-order chi connectivity index (χ0) is 24.1. The molecule has 2 amide bonds. The Bertz CT molecular complexity index is 1130. The predicted octanol–water partition coefficient (Wildman–Crippen LogP) is 6.07. The van der Waals surface area contributed by atoms with E-state index in [9.17, 15) is 9.59 Å². The highest BCUT2D eigenvalue weighted by molar-refractivity contribution is 5.94. The van der Waals surface area contributed by atoms with Gasteiger partial charge in [-0.15, -0.1) is 0 Å². The van der Waals surface area contributed by atoms with E-state index in [-0.39, 0.29) is 11.8 Å². The first-order valence-corrected chi connectivity index (χ1v) is 11.5. The Hall–Kier alpha value is -3.80. The summed E-state index contributed by atoms with van der Waals surface area (Å²) >= 11 is 0. The summed E-state index contributed by atoms with van der Waals surface area (Å²) in [6.07, 6.45) is -0.401. The quantitative estimate of drug-likeness (QED) is 0.504. The van der Waals surface area contributed by atoms with Crippen molar-refractivity contribution in [2.45, 2.75) is 32.3 Å². The van der Waals surface area contributed by atoms with Crippen LogP contribution in [0.3, 0.4) is 0 Å². The van der Waals surface area contributed by atoms with E-state index in [1.807, 2.05) is 99.6 Å². The number of nitrogens with one attached hydrogen (secondary N) is 1. The lowest BCUT2D eigenvalue weighted by Gasteiger charge is -2.24. The summed E-state index contributed by atoms with van der Waals surface area (Å²) in [5, 5.41) is 3.02. The van der Waals surface area contributed by atoms with Gasteiger partial charge in [-0.1, -0.05) is 54.6 Å². The van der Waals surface area contributed by atoms with Crippen molar-refractivity contribution in [1.82, 2.24) is 4.90 Å². The number of hydrogen-bond donors (Lipinski definition) is 1. The number of likely N-dealkylation sites (tertiary alicyclic amines) is 1.